The molecule has 0 spiro atoms. The normalized spacial score (nSPS) is 14.5. The first-order valence-corrected chi connectivity index (χ1v) is 6.92. The van der Waals surface area contributed by atoms with Crippen molar-refractivity contribution in [1.82, 2.24) is 14.9 Å². The quantitative estimate of drug-likeness (QED) is 0.908. The molecule has 0 bridgehead atoms. The maximum atomic E-state index is 4.43. The lowest BCUT2D eigenvalue weighted by Gasteiger charge is -2.31. The van der Waals surface area contributed by atoms with Crippen LogP contribution in [0.25, 0.3) is 0 Å². The van der Waals surface area contributed by atoms with E-state index in [9.17, 15) is 0 Å². The summed E-state index contributed by atoms with van der Waals surface area (Å²) < 4.78 is 2.24. The fraction of sp³-hybridized carbons (Fsp3) is 0.400. The van der Waals surface area contributed by atoms with Crippen molar-refractivity contribution in [2.75, 3.05) is 18.0 Å². The van der Waals surface area contributed by atoms with Gasteiger partial charge in [-0.1, -0.05) is 25.1 Å². The Kier molecular flexibility index (Phi) is 3.51. The van der Waals surface area contributed by atoms with Crippen molar-refractivity contribution in [3.05, 3.63) is 48.0 Å². The molecule has 0 aliphatic carbocycles. The van der Waals surface area contributed by atoms with Gasteiger partial charge in [0.25, 0.3) is 0 Å². The van der Waals surface area contributed by atoms with Crippen molar-refractivity contribution < 1.29 is 0 Å². The molecule has 1 aliphatic heterocycles. The summed E-state index contributed by atoms with van der Waals surface area (Å²) >= 11 is 0. The van der Waals surface area contributed by atoms with E-state index in [2.05, 4.69) is 57.2 Å². The monoisotopic (exact) mass is 256 g/mol. The predicted molar refractivity (Wildman–Crippen MR) is 77.1 cm³/mol. The van der Waals surface area contributed by atoms with Crippen LogP contribution in [0.5, 0.6) is 0 Å². The molecule has 0 amide bonds. The van der Waals surface area contributed by atoms with Crippen molar-refractivity contribution in [3.8, 4) is 0 Å². The van der Waals surface area contributed by atoms with E-state index >= 15 is 0 Å². The molecule has 0 atom stereocenters. The van der Waals surface area contributed by atoms with E-state index in [1.165, 1.54) is 11.3 Å². The van der Waals surface area contributed by atoms with Crippen LogP contribution in [0.1, 0.15) is 18.3 Å². The summed E-state index contributed by atoms with van der Waals surface area (Å²) in [5.41, 5.74) is 2.70. The van der Waals surface area contributed by atoms with E-state index in [1.54, 1.807) is 0 Å². The number of para-hydroxylation sites is 1. The van der Waals surface area contributed by atoms with E-state index in [-0.39, 0.29) is 0 Å². The number of aromatic nitrogens is 2. The molecule has 0 unspecified atom stereocenters. The third kappa shape index (κ3) is 2.49. The van der Waals surface area contributed by atoms with Gasteiger partial charge in [-0.2, -0.15) is 0 Å². The number of nitrogens with zero attached hydrogens (tertiary/aromatic N) is 3. The fourth-order valence-electron chi connectivity index (χ4n) is 2.61. The average molecular weight is 256 g/mol. The van der Waals surface area contributed by atoms with Crippen LogP contribution in [0.15, 0.2) is 36.7 Å². The molecule has 2 heterocycles. The summed E-state index contributed by atoms with van der Waals surface area (Å²) in [6.07, 6.45) is 3.96. The molecule has 0 saturated carbocycles. The van der Waals surface area contributed by atoms with Gasteiger partial charge in [0.1, 0.15) is 5.82 Å². The van der Waals surface area contributed by atoms with E-state index in [4.69, 9.17) is 0 Å². The Labute approximate surface area is 114 Å². The summed E-state index contributed by atoms with van der Waals surface area (Å²) in [7, 11) is 0. The number of hydrogen-bond donors (Lipinski definition) is 1. The zero-order valence-corrected chi connectivity index (χ0v) is 11.3. The summed E-state index contributed by atoms with van der Waals surface area (Å²) in [6, 6.07) is 8.65. The topological polar surface area (TPSA) is 33.1 Å². The minimum Gasteiger partial charge on any atom is -0.362 e. The highest BCUT2D eigenvalue weighted by atomic mass is 15.2. The van der Waals surface area contributed by atoms with Crippen LogP contribution in [-0.2, 0) is 19.6 Å². The lowest BCUT2D eigenvalue weighted by atomic mass is 10.1. The predicted octanol–water partition coefficient (Wildman–Crippen LogP) is 2.01. The minimum atomic E-state index is 0.899. The number of imidazole rings is 1. The van der Waals surface area contributed by atoms with Crippen molar-refractivity contribution in [3.63, 3.8) is 0 Å². The van der Waals surface area contributed by atoms with Crippen LogP contribution in [0.2, 0.25) is 0 Å². The standard InChI is InChI=1S/C15H20N4/c1-2-16-11-13-5-3-4-6-14(13)19-10-9-18-8-7-17-15(18)12-19/h3-8,16H,2,9-12H2,1H3. The zero-order valence-electron chi connectivity index (χ0n) is 11.3. The average Bonchev–Trinajstić information content (AvgIpc) is 2.92. The Balaban J connectivity index is 1.83. The molecular formula is C15H20N4. The molecule has 1 aromatic heterocycles. The van der Waals surface area contributed by atoms with E-state index in [0.29, 0.717) is 0 Å². The molecule has 1 N–H and O–H groups in total. The van der Waals surface area contributed by atoms with Crippen molar-refractivity contribution in [2.24, 2.45) is 0 Å². The molecule has 1 aromatic carbocycles. The van der Waals surface area contributed by atoms with Gasteiger partial charge in [0.2, 0.25) is 0 Å². The van der Waals surface area contributed by atoms with E-state index in [0.717, 1.165) is 38.5 Å². The van der Waals surface area contributed by atoms with Crippen molar-refractivity contribution in [1.29, 1.82) is 0 Å². The Morgan fingerprint density at radius 3 is 3.05 bits per heavy atom. The molecule has 0 radical (unpaired) electrons. The van der Waals surface area contributed by atoms with Gasteiger partial charge in [-0.25, -0.2) is 4.98 Å². The highest BCUT2D eigenvalue weighted by molar-refractivity contribution is 5.54. The Bertz CT molecular complexity index is 547. The smallest absolute Gasteiger partial charge is 0.128 e. The molecule has 100 valence electrons. The van der Waals surface area contributed by atoms with Crippen LogP contribution in [-0.4, -0.2) is 22.6 Å². The lowest BCUT2D eigenvalue weighted by Crippen LogP contribution is -2.34. The van der Waals surface area contributed by atoms with Gasteiger partial charge < -0.3 is 14.8 Å². The van der Waals surface area contributed by atoms with E-state index < -0.39 is 0 Å². The summed E-state index contributed by atoms with van der Waals surface area (Å²) in [5, 5.41) is 3.41. The van der Waals surface area contributed by atoms with Gasteiger partial charge in [-0.3, -0.25) is 0 Å². The Hall–Kier alpha value is -1.81. The third-order valence-electron chi connectivity index (χ3n) is 3.64. The SMILES string of the molecule is CCNCc1ccccc1N1CCn2ccnc2C1. The number of benzene rings is 1. The Morgan fingerprint density at radius 2 is 2.16 bits per heavy atom. The lowest BCUT2D eigenvalue weighted by molar-refractivity contribution is 0.557. The second kappa shape index (κ2) is 5.45. The van der Waals surface area contributed by atoms with Crippen LogP contribution in [0.3, 0.4) is 0 Å². The molecule has 1 aliphatic rings. The van der Waals surface area contributed by atoms with Crippen LogP contribution in [0.4, 0.5) is 5.69 Å². The molecule has 0 saturated heterocycles. The maximum Gasteiger partial charge on any atom is 0.128 e. The Morgan fingerprint density at radius 1 is 1.26 bits per heavy atom. The molecule has 2 aromatic rings. The van der Waals surface area contributed by atoms with Crippen LogP contribution >= 0.6 is 0 Å². The largest absolute Gasteiger partial charge is 0.362 e. The highest BCUT2D eigenvalue weighted by Gasteiger charge is 2.18. The second-order valence-corrected chi connectivity index (χ2v) is 4.87. The number of anilines is 1. The number of hydrogen-bond acceptors (Lipinski definition) is 3. The van der Waals surface area contributed by atoms with Crippen LogP contribution < -0.4 is 10.2 Å². The van der Waals surface area contributed by atoms with Gasteiger partial charge in [0.15, 0.2) is 0 Å². The van der Waals surface area contributed by atoms with Gasteiger partial charge in [-0.05, 0) is 18.2 Å². The fourth-order valence-corrected chi connectivity index (χ4v) is 2.61. The number of rotatable bonds is 4. The van der Waals surface area contributed by atoms with E-state index in [1.807, 2.05) is 6.20 Å². The van der Waals surface area contributed by atoms with Gasteiger partial charge >= 0.3 is 0 Å². The van der Waals surface area contributed by atoms with Gasteiger partial charge in [0.05, 0.1) is 6.54 Å². The summed E-state index contributed by atoms with van der Waals surface area (Å²) in [4.78, 5) is 6.86. The highest BCUT2D eigenvalue weighted by Crippen LogP contribution is 2.24. The maximum absolute atomic E-state index is 4.43. The number of nitrogens with one attached hydrogen (secondary N) is 1. The van der Waals surface area contributed by atoms with Crippen molar-refractivity contribution >= 4 is 5.69 Å². The second-order valence-electron chi connectivity index (χ2n) is 4.87. The third-order valence-corrected chi connectivity index (χ3v) is 3.64. The molecular weight excluding hydrogens is 236 g/mol. The molecule has 19 heavy (non-hydrogen) atoms. The van der Waals surface area contributed by atoms with Gasteiger partial charge in [-0.15, -0.1) is 0 Å². The number of fused-ring (bicyclic) bond motifs is 1. The van der Waals surface area contributed by atoms with Crippen LogP contribution in [0, 0.1) is 0 Å². The van der Waals surface area contributed by atoms with Gasteiger partial charge in [0, 0.05) is 37.7 Å². The molecule has 0 fully saturated rings. The first-order chi connectivity index (χ1) is 9.38. The summed E-state index contributed by atoms with van der Waals surface area (Å²) in [6.45, 7) is 7.03. The zero-order chi connectivity index (χ0) is 13.1. The first-order valence-electron chi connectivity index (χ1n) is 6.92. The molecule has 4 heteroatoms. The summed E-state index contributed by atoms with van der Waals surface area (Å²) in [5.74, 6) is 1.16. The van der Waals surface area contributed by atoms with Crippen molar-refractivity contribution in [2.45, 2.75) is 26.6 Å². The first kappa shape index (κ1) is 12.2. The minimum absolute atomic E-state index is 0.899. The molecule has 3 rings (SSSR count). The molecule has 4 nitrogen and oxygen atoms in total.